The summed E-state index contributed by atoms with van der Waals surface area (Å²) in [6, 6.07) is 0. The molecule has 2 fully saturated rings. The fourth-order valence-corrected chi connectivity index (χ4v) is 4.33. The fourth-order valence-electron chi connectivity index (χ4n) is 2.11. The zero-order valence-corrected chi connectivity index (χ0v) is 7.28. The Labute approximate surface area is 67.1 Å². The van der Waals surface area contributed by atoms with E-state index in [1.807, 2.05) is 0 Å². The largest absolute Gasteiger partial charge is 0.316 e. The Bertz CT molecular complexity index is 252. The van der Waals surface area contributed by atoms with Gasteiger partial charge in [-0.05, 0) is 24.8 Å². The second-order valence-corrected chi connectivity index (χ2v) is 5.95. The first kappa shape index (κ1) is 7.55. The maximum absolute atomic E-state index is 11.2. The van der Waals surface area contributed by atoms with E-state index in [4.69, 9.17) is 0 Å². The molecule has 1 N–H and O–H groups in total. The van der Waals surface area contributed by atoms with Crippen molar-refractivity contribution >= 4 is 9.84 Å². The van der Waals surface area contributed by atoms with Crippen molar-refractivity contribution in [3.63, 3.8) is 0 Å². The van der Waals surface area contributed by atoms with Crippen molar-refractivity contribution < 1.29 is 8.42 Å². The van der Waals surface area contributed by atoms with E-state index >= 15 is 0 Å². The van der Waals surface area contributed by atoms with Gasteiger partial charge in [0.25, 0.3) is 0 Å². The molecule has 2 aliphatic rings. The van der Waals surface area contributed by atoms with Crippen molar-refractivity contribution in [2.45, 2.75) is 12.8 Å². The minimum absolute atomic E-state index is 0.124. The Morgan fingerprint density at radius 3 is 2.55 bits per heavy atom. The Morgan fingerprint density at radius 2 is 2.09 bits per heavy atom. The van der Waals surface area contributed by atoms with Gasteiger partial charge in [0.2, 0.25) is 0 Å². The SMILES string of the molecule is O=S1(=O)CC[C@]2(CCNC2)C1. The van der Waals surface area contributed by atoms with E-state index < -0.39 is 9.84 Å². The van der Waals surface area contributed by atoms with E-state index in [0.717, 1.165) is 25.9 Å². The lowest BCUT2D eigenvalue weighted by atomic mass is 9.87. The van der Waals surface area contributed by atoms with Gasteiger partial charge in [-0.2, -0.15) is 0 Å². The summed E-state index contributed by atoms with van der Waals surface area (Å²) in [5.74, 6) is 0.835. The summed E-state index contributed by atoms with van der Waals surface area (Å²) in [6.07, 6.45) is 1.93. The zero-order chi connectivity index (χ0) is 7.95. The highest BCUT2D eigenvalue weighted by Crippen LogP contribution is 2.37. The van der Waals surface area contributed by atoms with Crippen LogP contribution in [0.3, 0.4) is 0 Å². The first-order valence-corrected chi connectivity index (χ1v) is 5.85. The fraction of sp³-hybridized carbons (Fsp3) is 1.00. The monoisotopic (exact) mass is 175 g/mol. The standard InChI is InChI=1S/C7H13NO2S/c9-11(10)4-2-7(6-11)1-3-8-5-7/h8H,1-6H2/t7-/m0/s1. The number of hydrogen-bond donors (Lipinski definition) is 1. The van der Waals surface area contributed by atoms with Crippen LogP contribution >= 0.6 is 0 Å². The average Bonchev–Trinajstić information content (AvgIpc) is 2.43. The van der Waals surface area contributed by atoms with Crippen molar-refractivity contribution in [1.82, 2.24) is 5.32 Å². The molecule has 0 saturated carbocycles. The van der Waals surface area contributed by atoms with Gasteiger partial charge in [0.05, 0.1) is 11.5 Å². The van der Waals surface area contributed by atoms with Crippen molar-refractivity contribution in [3.05, 3.63) is 0 Å². The highest BCUT2D eigenvalue weighted by Gasteiger charge is 2.43. The Morgan fingerprint density at radius 1 is 1.27 bits per heavy atom. The molecule has 2 rings (SSSR count). The van der Waals surface area contributed by atoms with E-state index in [9.17, 15) is 8.42 Å². The van der Waals surface area contributed by atoms with Gasteiger partial charge in [0, 0.05) is 6.54 Å². The molecule has 0 aliphatic carbocycles. The molecule has 2 saturated heterocycles. The van der Waals surface area contributed by atoms with Gasteiger partial charge in [-0.25, -0.2) is 8.42 Å². The third kappa shape index (κ3) is 1.29. The average molecular weight is 175 g/mol. The summed E-state index contributed by atoms with van der Waals surface area (Å²) in [5.41, 5.74) is 0.124. The summed E-state index contributed by atoms with van der Waals surface area (Å²) < 4.78 is 22.3. The second-order valence-electron chi connectivity index (χ2n) is 3.77. The van der Waals surface area contributed by atoms with Crippen molar-refractivity contribution in [3.8, 4) is 0 Å². The molecule has 1 spiro atoms. The summed E-state index contributed by atoms with van der Waals surface area (Å²) in [6.45, 7) is 1.90. The first-order valence-electron chi connectivity index (χ1n) is 4.03. The van der Waals surface area contributed by atoms with Gasteiger partial charge >= 0.3 is 0 Å². The minimum Gasteiger partial charge on any atom is -0.316 e. The highest BCUT2D eigenvalue weighted by atomic mass is 32.2. The summed E-state index contributed by atoms with van der Waals surface area (Å²) in [7, 11) is -2.68. The van der Waals surface area contributed by atoms with Crippen LogP contribution < -0.4 is 5.32 Å². The third-order valence-electron chi connectivity index (χ3n) is 2.80. The predicted octanol–water partition coefficient (Wildman–Crippen LogP) is -0.215. The normalized spacial score (nSPS) is 41.8. The quantitative estimate of drug-likeness (QED) is 0.554. The molecule has 64 valence electrons. The van der Waals surface area contributed by atoms with Crippen LogP contribution in [0.15, 0.2) is 0 Å². The minimum atomic E-state index is -2.68. The molecule has 2 aliphatic heterocycles. The smallest absolute Gasteiger partial charge is 0.150 e. The third-order valence-corrected chi connectivity index (χ3v) is 4.68. The second kappa shape index (κ2) is 2.20. The van der Waals surface area contributed by atoms with Crippen molar-refractivity contribution in [1.29, 1.82) is 0 Å². The maximum atomic E-state index is 11.2. The Hall–Kier alpha value is -0.0900. The van der Waals surface area contributed by atoms with Gasteiger partial charge in [-0.3, -0.25) is 0 Å². The van der Waals surface area contributed by atoms with Crippen LogP contribution in [0, 0.1) is 5.41 Å². The van der Waals surface area contributed by atoms with Gasteiger partial charge in [-0.1, -0.05) is 0 Å². The van der Waals surface area contributed by atoms with Crippen LogP contribution in [0.5, 0.6) is 0 Å². The van der Waals surface area contributed by atoms with Gasteiger partial charge in [0.1, 0.15) is 0 Å². The number of rotatable bonds is 0. The molecule has 0 bridgehead atoms. The van der Waals surface area contributed by atoms with E-state index in [1.54, 1.807) is 0 Å². The number of nitrogens with one attached hydrogen (secondary N) is 1. The molecule has 0 radical (unpaired) electrons. The number of sulfone groups is 1. The molecule has 2 heterocycles. The van der Waals surface area contributed by atoms with E-state index in [2.05, 4.69) is 5.32 Å². The van der Waals surface area contributed by atoms with Crippen LogP contribution in [0.1, 0.15) is 12.8 Å². The van der Waals surface area contributed by atoms with Crippen LogP contribution in [-0.4, -0.2) is 33.0 Å². The van der Waals surface area contributed by atoms with E-state index in [0.29, 0.717) is 11.5 Å². The van der Waals surface area contributed by atoms with E-state index in [-0.39, 0.29) is 5.41 Å². The molecule has 3 nitrogen and oxygen atoms in total. The molecule has 0 aromatic heterocycles. The molecular formula is C7H13NO2S. The molecule has 0 aromatic rings. The van der Waals surface area contributed by atoms with Crippen molar-refractivity contribution in [2.75, 3.05) is 24.6 Å². The van der Waals surface area contributed by atoms with Crippen molar-refractivity contribution in [2.24, 2.45) is 5.41 Å². The molecule has 0 unspecified atom stereocenters. The van der Waals surface area contributed by atoms with Gasteiger partial charge in [-0.15, -0.1) is 0 Å². The van der Waals surface area contributed by atoms with Crippen LogP contribution in [0.4, 0.5) is 0 Å². The lowest BCUT2D eigenvalue weighted by molar-refractivity contribution is 0.377. The lowest BCUT2D eigenvalue weighted by Gasteiger charge is -2.17. The summed E-state index contributed by atoms with van der Waals surface area (Å²) in [4.78, 5) is 0. The van der Waals surface area contributed by atoms with Crippen LogP contribution in [-0.2, 0) is 9.84 Å². The Kier molecular flexibility index (Phi) is 1.51. The molecular weight excluding hydrogens is 162 g/mol. The summed E-state index contributed by atoms with van der Waals surface area (Å²) >= 11 is 0. The van der Waals surface area contributed by atoms with E-state index in [1.165, 1.54) is 0 Å². The molecule has 11 heavy (non-hydrogen) atoms. The molecule has 1 atom stereocenters. The topological polar surface area (TPSA) is 46.2 Å². The predicted molar refractivity (Wildman–Crippen MR) is 43.2 cm³/mol. The molecule has 0 aromatic carbocycles. The van der Waals surface area contributed by atoms with Gasteiger partial charge < -0.3 is 5.32 Å². The summed E-state index contributed by atoms with van der Waals surface area (Å²) in [5, 5.41) is 3.23. The first-order chi connectivity index (χ1) is 5.12. The Balaban J connectivity index is 2.20. The highest BCUT2D eigenvalue weighted by molar-refractivity contribution is 7.91. The van der Waals surface area contributed by atoms with Crippen LogP contribution in [0.2, 0.25) is 0 Å². The van der Waals surface area contributed by atoms with Crippen LogP contribution in [0.25, 0.3) is 0 Å². The number of hydrogen-bond acceptors (Lipinski definition) is 3. The molecule has 0 amide bonds. The zero-order valence-electron chi connectivity index (χ0n) is 6.47. The lowest BCUT2D eigenvalue weighted by Crippen LogP contribution is -2.24. The maximum Gasteiger partial charge on any atom is 0.150 e. The molecule has 4 heteroatoms. The van der Waals surface area contributed by atoms with Gasteiger partial charge in [0.15, 0.2) is 9.84 Å².